The molecule has 2 rings (SSSR count). The van der Waals surface area contributed by atoms with Gasteiger partial charge in [0.2, 0.25) is 0 Å². The minimum absolute atomic E-state index is 0.283. The quantitative estimate of drug-likeness (QED) is 0.734. The maximum Gasteiger partial charge on any atom is 0.126 e. The summed E-state index contributed by atoms with van der Waals surface area (Å²) in [6, 6.07) is 5.38. The first kappa shape index (κ1) is 8.83. The Morgan fingerprint density at radius 3 is 3.15 bits per heavy atom. The lowest BCUT2D eigenvalue weighted by Crippen LogP contribution is -2.00. The predicted molar refractivity (Wildman–Crippen MR) is 55.5 cm³/mol. The number of hydrogen-bond acceptors (Lipinski definition) is 2. The Kier molecular flexibility index (Phi) is 2.41. The molecule has 1 aliphatic heterocycles. The summed E-state index contributed by atoms with van der Waals surface area (Å²) in [7, 11) is 2.73. The number of hydrogen-bond donors (Lipinski definition) is 1. The molecule has 0 fully saturated rings. The van der Waals surface area contributed by atoms with Crippen molar-refractivity contribution in [3.8, 4) is 11.5 Å². The van der Waals surface area contributed by atoms with Crippen LogP contribution in [-0.4, -0.2) is 17.9 Å². The van der Waals surface area contributed by atoms with E-state index in [2.05, 4.69) is 9.24 Å². The van der Waals surface area contributed by atoms with Crippen LogP contribution in [0, 0.1) is 0 Å². The Bertz CT molecular complexity index is 312. The van der Waals surface area contributed by atoms with Crippen LogP contribution in [0.1, 0.15) is 17.9 Å². The molecule has 13 heavy (non-hydrogen) atoms. The lowest BCUT2D eigenvalue weighted by Gasteiger charge is -2.05. The van der Waals surface area contributed by atoms with Gasteiger partial charge in [0.05, 0.1) is 6.61 Å². The van der Waals surface area contributed by atoms with E-state index in [4.69, 9.17) is 4.74 Å². The zero-order valence-electron chi connectivity index (χ0n) is 7.36. The van der Waals surface area contributed by atoms with Crippen molar-refractivity contribution in [2.75, 3.05) is 12.8 Å². The number of benzene rings is 1. The van der Waals surface area contributed by atoms with Crippen LogP contribution in [0.2, 0.25) is 0 Å². The molecule has 2 atom stereocenters. The topological polar surface area (TPSA) is 29.5 Å². The second kappa shape index (κ2) is 3.55. The summed E-state index contributed by atoms with van der Waals surface area (Å²) < 4.78 is 5.48. The smallest absolute Gasteiger partial charge is 0.126 e. The highest BCUT2D eigenvalue weighted by molar-refractivity contribution is 7.16. The van der Waals surface area contributed by atoms with E-state index < -0.39 is 0 Å². The van der Waals surface area contributed by atoms with Gasteiger partial charge in [0.1, 0.15) is 11.5 Å². The van der Waals surface area contributed by atoms with E-state index in [1.807, 2.05) is 6.07 Å². The maximum atomic E-state index is 9.23. The molecule has 1 N–H and O–H groups in total. The first-order valence-electron chi connectivity index (χ1n) is 4.47. The average molecular weight is 196 g/mol. The van der Waals surface area contributed by atoms with Gasteiger partial charge in [0, 0.05) is 17.5 Å². The van der Waals surface area contributed by atoms with Gasteiger partial charge in [-0.05, 0) is 18.6 Å². The van der Waals surface area contributed by atoms with Crippen LogP contribution in [0.25, 0.3) is 0 Å². The fraction of sp³-hybridized carbons (Fsp3) is 0.400. The van der Waals surface area contributed by atoms with Gasteiger partial charge in [0.25, 0.3) is 0 Å². The molecule has 70 valence electrons. The first-order chi connectivity index (χ1) is 6.31. The van der Waals surface area contributed by atoms with E-state index in [0.717, 1.165) is 24.9 Å². The third kappa shape index (κ3) is 1.64. The molecule has 0 aliphatic carbocycles. The molecule has 0 spiro atoms. The molecular formula is C10H13O2P. The monoisotopic (exact) mass is 196 g/mol. The number of aromatic hydroxyl groups is 1. The molecule has 1 heterocycles. The van der Waals surface area contributed by atoms with E-state index in [9.17, 15) is 5.11 Å². The van der Waals surface area contributed by atoms with Crippen molar-refractivity contribution in [2.45, 2.75) is 12.3 Å². The first-order valence-corrected chi connectivity index (χ1v) is 5.28. The molecule has 0 bridgehead atoms. The Morgan fingerprint density at radius 1 is 1.54 bits per heavy atom. The summed E-state index contributed by atoms with van der Waals surface area (Å²) in [5.41, 5.74) is 1.24. The molecule has 1 aromatic carbocycles. The average Bonchev–Trinajstić information content (AvgIpc) is 2.49. The second-order valence-electron chi connectivity index (χ2n) is 3.31. The van der Waals surface area contributed by atoms with Crippen molar-refractivity contribution in [3.63, 3.8) is 0 Å². The molecule has 1 aliphatic rings. The molecule has 2 unspecified atom stereocenters. The third-order valence-electron chi connectivity index (χ3n) is 2.39. The van der Waals surface area contributed by atoms with E-state index in [1.165, 1.54) is 5.56 Å². The summed E-state index contributed by atoms with van der Waals surface area (Å²) in [6.07, 6.45) is 2.22. The molecule has 0 amide bonds. The van der Waals surface area contributed by atoms with Crippen molar-refractivity contribution in [1.29, 1.82) is 0 Å². The highest BCUT2D eigenvalue weighted by Crippen LogP contribution is 2.37. The zero-order chi connectivity index (χ0) is 9.26. The van der Waals surface area contributed by atoms with E-state index >= 15 is 0 Å². The Morgan fingerprint density at radius 2 is 2.38 bits per heavy atom. The van der Waals surface area contributed by atoms with Crippen LogP contribution in [-0.2, 0) is 0 Å². The highest BCUT2D eigenvalue weighted by atomic mass is 31.0. The number of rotatable bonds is 2. The lowest BCUT2D eigenvalue weighted by atomic mass is 9.99. The number of phenols is 1. The van der Waals surface area contributed by atoms with Crippen molar-refractivity contribution in [1.82, 2.24) is 0 Å². The predicted octanol–water partition coefficient (Wildman–Crippen LogP) is 2.13. The van der Waals surface area contributed by atoms with Crippen molar-refractivity contribution < 1.29 is 9.84 Å². The van der Waals surface area contributed by atoms with E-state index in [0.29, 0.717) is 5.92 Å². The molecule has 0 saturated carbocycles. The minimum atomic E-state index is 0.283. The van der Waals surface area contributed by atoms with Crippen molar-refractivity contribution in [2.24, 2.45) is 0 Å². The lowest BCUT2D eigenvalue weighted by molar-refractivity contribution is 0.327. The summed E-state index contributed by atoms with van der Waals surface area (Å²) >= 11 is 0. The Hall–Kier alpha value is -0.750. The Labute approximate surface area is 80.1 Å². The van der Waals surface area contributed by atoms with Gasteiger partial charge in [-0.3, -0.25) is 0 Å². The van der Waals surface area contributed by atoms with Crippen LogP contribution in [0.5, 0.6) is 11.5 Å². The number of ether oxygens (including phenoxy) is 1. The summed E-state index contributed by atoms with van der Waals surface area (Å²) in [6.45, 7) is 0.757. The largest absolute Gasteiger partial charge is 0.508 e. The Balaban J connectivity index is 2.27. The van der Waals surface area contributed by atoms with Gasteiger partial charge >= 0.3 is 0 Å². The number of phenolic OH excluding ortho intramolecular Hbond substituents is 1. The van der Waals surface area contributed by atoms with Crippen LogP contribution >= 0.6 is 9.24 Å². The SMILES string of the molecule is Oc1ccc2c(c1)OCC2CCP. The normalized spacial score (nSPS) is 19.6. The van der Waals surface area contributed by atoms with Gasteiger partial charge in [-0.1, -0.05) is 6.07 Å². The van der Waals surface area contributed by atoms with Crippen LogP contribution < -0.4 is 4.74 Å². The van der Waals surface area contributed by atoms with Gasteiger partial charge < -0.3 is 9.84 Å². The third-order valence-corrected chi connectivity index (χ3v) is 2.73. The van der Waals surface area contributed by atoms with Gasteiger partial charge in [-0.25, -0.2) is 0 Å². The summed E-state index contributed by atoms with van der Waals surface area (Å²) in [4.78, 5) is 0. The van der Waals surface area contributed by atoms with Gasteiger partial charge in [0.15, 0.2) is 0 Å². The molecular weight excluding hydrogens is 183 g/mol. The van der Waals surface area contributed by atoms with E-state index in [-0.39, 0.29) is 5.75 Å². The standard InChI is InChI=1S/C10H13O2P/c11-8-1-2-9-7(3-4-13)6-12-10(9)5-8/h1-2,5,7,11H,3-4,6,13H2. The van der Waals surface area contributed by atoms with Gasteiger partial charge in [-0.15, -0.1) is 9.24 Å². The fourth-order valence-electron chi connectivity index (χ4n) is 1.71. The molecule has 0 aromatic heterocycles. The summed E-state index contributed by atoms with van der Waals surface area (Å²) in [5.74, 6) is 1.64. The highest BCUT2D eigenvalue weighted by Gasteiger charge is 2.23. The summed E-state index contributed by atoms with van der Waals surface area (Å²) in [5, 5.41) is 9.23. The maximum absolute atomic E-state index is 9.23. The molecule has 1 aromatic rings. The molecule has 2 nitrogen and oxygen atoms in total. The van der Waals surface area contributed by atoms with Gasteiger partial charge in [-0.2, -0.15) is 0 Å². The van der Waals surface area contributed by atoms with Crippen LogP contribution in [0.3, 0.4) is 0 Å². The minimum Gasteiger partial charge on any atom is -0.508 e. The number of fused-ring (bicyclic) bond motifs is 1. The van der Waals surface area contributed by atoms with Crippen molar-refractivity contribution >= 4 is 9.24 Å². The zero-order valence-corrected chi connectivity index (χ0v) is 8.52. The van der Waals surface area contributed by atoms with E-state index in [1.54, 1.807) is 12.1 Å². The molecule has 0 radical (unpaired) electrons. The van der Waals surface area contributed by atoms with Crippen LogP contribution in [0.15, 0.2) is 18.2 Å². The molecule has 3 heteroatoms. The van der Waals surface area contributed by atoms with Crippen LogP contribution in [0.4, 0.5) is 0 Å². The van der Waals surface area contributed by atoms with Crippen molar-refractivity contribution in [3.05, 3.63) is 23.8 Å². The molecule has 0 saturated heterocycles. The fourth-order valence-corrected chi connectivity index (χ4v) is 2.11. The second-order valence-corrected chi connectivity index (χ2v) is 3.88.